The van der Waals surface area contributed by atoms with E-state index in [1.807, 2.05) is 30.3 Å². The van der Waals surface area contributed by atoms with E-state index in [0.717, 1.165) is 73.9 Å². The number of ether oxygens (including phenoxy) is 1. The predicted octanol–water partition coefficient (Wildman–Crippen LogP) is 3.09. The minimum absolute atomic E-state index is 0.733. The summed E-state index contributed by atoms with van der Waals surface area (Å²) >= 11 is 0. The Balaban J connectivity index is 1.48. The summed E-state index contributed by atoms with van der Waals surface area (Å²) < 4.78 is 9.58. The van der Waals surface area contributed by atoms with Gasteiger partial charge in [-0.2, -0.15) is 0 Å². The van der Waals surface area contributed by atoms with Crippen molar-refractivity contribution in [3.8, 4) is 11.4 Å². The summed E-state index contributed by atoms with van der Waals surface area (Å²) in [6.07, 6.45) is 2.88. The Bertz CT molecular complexity index is 1140. The minimum atomic E-state index is 0.733. The van der Waals surface area contributed by atoms with Crippen molar-refractivity contribution >= 4 is 16.7 Å². The molecule has 3 aromatic heterocycles. The average molecular weight is 390 g/mol. The second-order valence-corrected chi connectivity index (χ2v) is 7.68. The van der Waals surface area contributed by atoms with Crippen LogP contribution >= 0.6 is 0 Å². The molecule has 150 valence electrons. The van der Waals surface area contributed by atoms with Crippen molar-refractivity contribution in [2.45, 2.75) is 26.8 Å². The summed E-state index contributed by atoms with van der Waals surface area (Å²) in [6.45, 7) is 10.1. The lowest BCUT2D eigenvalue weighted by Gasteiger charge is -2.26. The van der Waals surface area contributed by atoms with Crippen LogP contribution in [0.1, 0.15) is 17.7 Å². The second-order valence-electron chi connectivity index (χ2n) is 7.68. The molecule has 0 saturated carbocycles. The lowest BCUT2D eigenvalue weighted by molar-refractivity contribution is 0.0369. The molecule has 7 heteroatoms. The fourth-order valence-corrected chi connectivity index (χ4v) is 4.19. The molecule has 0 spiro atoms. The van der Waals surface area contributed by atoms with E-state index in [1.165, 1.54) is 11.3 Å². The Labute approximate surface area is 169 Å². The maximum atomic E-state index is 5.45. The molecule has 1 aliphatic rings. The zero-order valence-corrected chi connectivity index (χ0v) is 17.0. The number of fused-ring (bicyclic) bond motifs is 3. The first kappa shape index (κ1) is 18.3. The highest BCUT2D eigenvalue weighted by atomic mass is 16.5. The minimum Gasteiger partial charge on any atom is -0.379 e. The highest BCUT2D eigenvalue weighted by Crippen LogP contribution is 2.28. The van der Waals surface area contributed by atoms with Gasteiger partial charge in [-0.15, -0.1) is 5.10 Å². The Kier molecular flexibility index (Phi) is 4.77. The van der Waals surface area contributed by atoms with Crippen molar-refractivity contribution in [3.05, 3.63) is 47.9 Å². The van der Waals surface area contributed by atoms with Crippen molar-refractivity contribution in [1.82, 2.24) is 29.0 Å². The standard InChI is InChI=1S/C22H26N6O/c1-16-17(2)27(10-6-9-26-11-13-29-14-12-26)21-19(16)22-24-20(25-28(22)15-23-21)18-7-4-3-5-8-18/h3-5,7-8,15H,6,9-14H2,1-2H3. The molecule has 1 aromatic carbocycles. The van der Waals surface area contributed by atoms with Crippen LogP contribution < -0.4 is 0 Å². The van der Waals surface area contributed by atoms with E-state index in [1.54, 1.807) is 10.8 Å². The van der Waals surface area contributed by atoms with Crippen molar-refractivity contribution < 1.29 is 4.74 Å². The molecule has 5 rings (SSSR count). The maximum Gasteiger partial charge on any atom is 0.182 e. The zero-order chi connectivity index (χ0) is 19.8. The van der Waals surface area contributed by atoms with Crippen LogP contribution in [0.4, 0.5) is 0 Å². The lowest BCUT2D eigenvalue weighted by Crippen LogP contribution is -2.37. The number of aryl methyl sites for hydroxylation is 2. The molecule has 0 radical (unpaired) electrons. The van der Waals surface area contributed by atoms with Gasteiger partial charge in [0.25, 0.3) is 0 Å². The van der Waals surface area contributed by atoms with Crippen LogP contribution in [-0.4, -0.2) is 61.9 Å². The van der Waals surface area contributed by atoms with Gasteiger partial charge in [-0.25, -0.2) is 14.5 Å². The Morgan fingerprint density at radius 1 is 1.00 bits per heavy atom. The lowest BCUT2D eigenvalue weighted by atomic mass is 10.2. The molecule has 1 fully saturated rings. The van der Waals surface area contributed by atoms with Gasteiger partial charge in [0.05, 0.1) is 18.6 Å². The molecule has 1 saturated heterocycles. The Morgan fingerprint density at radius 3 is 2.59 bits per heavy atom. The monoisotopic (exact) mass is 390 g/mol. The predicted molar refractivity (Wildman–Crippen MR) is 113 cm³/mol. The number of morpholine rings is 1. The smallest absolute Gasteiger partial charge is 0.182 e. The molecule has 4 aromatic rings. The first-order valence-corrected chi connectivity index (χ1v) is 10.3. The van der Waals surface area contributed by atoms with Gasteiger partial charge in [0, 0.05) is 37.4 Å². The molecular weight excluding hydrogens is 364 g/mol. The van der Waals surface area contributed by atoms with E-state index in [4.69, 9.17) is 14.7 Å². The first-order chi connectivity index (χ1) is 14.2. The quantitative estimate of drug-likeness (QED) is 0.524. The Morgan fingerprint density at radius 2 is 1.79 bits per heavy atom. The van der Waals surface area contributed by atoms with Gasteiger partial charge in [-0.05, 0) is 25.8 Å². The van der Waals surface area contributed by atoms with E-state index in [-0.39, 0.29) is 0 Å². The molecule has 7 nitrogen and oxygen atoms in total. The third-order valence-corrected chi connectivity index (χ3v) is 5.94. The molecule has 0 atom stereocenters. The molecule has 29 heavy (non-hydrogen) atoms. The van der Waals surface area contributed by atoms with E-state index in [9.17, 15) is 0 Å². The Hall–Kier alpha value is -2.77. The molecule has 0 aliphatic carbocycles. The van der Waals surface area contributed by atoms with Gasteiger partial charge in [0.15, 0.2) is 11.5 Å². The number of hydrogen-bond donors (Lipinski definition) is 0. The summed E-state index contributed by atoms with van der Waals surface area (Å²) in [6, 6.07) is 10.1. The molecular formula is C22H26N6O. The maximum absolute atomic E-state index is 5.45. The zero-order valence-electron chi connectivity index (χ0n) is 17.0. The van der Waals surface area contributed by atoms with Gasteiger partial charge in [-0.1, -0.05) is 30.3 Å². The van der Waals surface area contributed by atoms with Crippen LogP contribution in [-0.2, 0) is 11.3 Å². The molecule has 0 amide bonds. The number of rotatable bonds is 5. The van der Waals surface area contributed by atoms with Crippen LogP contribution in [0, 0.1) is 13.8 Å². The van der Waals surface area contributed by atoms with E-state index >= 15 is 0 Å². The van der Waals surface area contributed by atoms with Crippen LogP contribution in [0.3, 0.4) is 0 Å². The van der Waals surface area contributed by atoms with Gasteiger partial charge in [0.1, 0.15) is 12.0 Å². The molecule has 0 bridgehead atoms. The van der Waals surface area contributed by atoms with Crippen molar-refractivity contribution in [2.75, 3.05) is 32.8 Å². The van der Waals surface area contributed by atoms with E-state index in [0.29, 0.717) is 0 Å². The van der Waals surface area contributed by atoms with Crippen molar-refractivity contribution in [3.63, 3.8) is 0 Å². The molecule has 0 unspecified atom stereocenters. The summed E-state index contributed by atoms with van der Waals surface area (Å²) in [7, 11) is 0. The van der Waals surface area contributed by atoms with Crippen LogP contribution in [0.25, 0.3) is 28.1 Å². The highest BCUT2D eigenvalue weighted by molar-refractivity contribution is 5.94. The first-order valence-electron chi connectivity index (χ1n) is 10.3. The van der Waals surface area contributed by atoms with Crippen LogP contribution in [0.15, 0.2) is 36.7 Å². The van der Waals surface area contributed by atoms with Crippen molar-refractivity contribution in [1.29, 1.82) is 0 Å². The summed E-state index contributed by atoms with van der Waals surface area (Å²) in [5.74, 6) is 0.733. The summed E-state index contributed by atoms with van der Waals surface area (Å²) in [5, 5.41) is 5.75. The topological polar surface area (TPSA) is 60.5 Å². The molecule has 0 N–H and O–H groups in total. The molecule has 4 heterocycles. The van der Waals surface area contributed by atoms with Gasteiger partial charge < -0.3 is 9.30 Å². The number of nitrogens with zero attached hydrogens (tertiary/aromatic N) is 6. The van der Waals surface area contributed by atoms with E-state index < -0.39 is 0 Å². The number of hydrogen-bond acceptors (Lipinski definition) is 5. The number of aromatic nitrogens is 5. The van der Waals surface area contributed by atoms with Gasteiger partial charge in [0.2, 0.25) is 0 Å². The largest absolute Gasteiger partial charge is 0.379 e. The fourth-order valence-electron chi connectivity index (χ4n) is 4.19. The third kappa shape index (κ3) is 3.30. The SMILES string of the molecule is Cc1c(C)n(CCCN2CCOCC2)c2ncn3nc(-c4ccccc4)nc3c12. The van der Waals surface area contributed by atoms with Gasteiger partial charge >= 0.3 is 0 Å². The normalized spacial score (nSPS) is 15.5. The summed E-state index contributed by atoms with van der Waals surface area (Å²) in [5.41, 5.74) is 5.38. The molecule has 1 aliphatic heterocycles. The average Bonchev–Trinajstić information content (AvgIpc) is 3.30. The number of benzene rings is 1. The van der Waals surface area contributed by atoms with Crippen molar-refractivity contribution in [2.24, 2.45) is 0 Å². The summed E-state index contributed by atoms with van der Waals surface area (Å²) in [4.78, 5) is 12.1. The second kappa shape index (κ2) is 7.57. The van der Waals surface area contributed by atoms with E-state index in [2.05, 4.69) is 28.4 Å². The highest BCUT2D eigenvalue weighted by Gasteiger charge is 2.18. The van der Waals surface area contributed by atoms with Gasteiger partial charge in [-0.3, -0.25) is 4.90 Å². The third-order valence-electron chi connectivity index (χ3n) is 5.94. The van der Waals surface area contributed by atoms with Crippen LogP contribution in [0.5, 0.6) is 0 Å². The fraction of sp³-hybridized carbons (Fsp3) is 0.409. The van der Waals surface area contributed by atoms with Crippen LogP contribution in [0.2, 0.25) is 0 Å².